The maximum absolute atomic E-state index is 10.9. The molecule has 0 unspecified atom stereocenters. The number of carbonyl (C=O) groups is 1. The van der Waals surface area contributed by atoms with Gasteiger partial charge in [0.25, 0.3) is 0 Å². The van der Waals surface area contributed by atoms with Crippen molar-refractivity contribution >= 4 is 18.6 Å². The van der Waals surface area contributed by atoms with Crippen molar-refractivity contribution in [3.63, 3.8) is 0 Å². The highest BCUT2D eigenvalue weighted by atomic mass is 32.1. The molecule has 0 saturated carbocycles. The molecule has 0 aliphatic heterocycles. The van der Waals surface area contributed by atoms with Gasteiger partial charge in [-0.15, -0.1) is 12.6 Å². The molecule has 0 fully saturated rings. The Morgan fingerprint density at radius 3 is 2.70 bits per heavy atom. The van der Waals surface area contributed by atoms with Crippen LogP contribution in [0, 0.1) is 5.92 Å². The fraction of sp³-hybridized carbons (Fsp3) is 0.571. The Labute approximate surface area is 65.7 Å². The fourth-order valence-electron chi connectivity index (χ4n) is 0.991. The second-order valence-corrected chi connectivity index (χ2v) is 2.49. The third kappa shape index (κ3) is 1.77. The highest BCUT2D eigenvalue weighted by Gasteiger charge is 2.19. The SMILES string of the molecule is O=C(OCS)C1CC=CC1. The third-order valence-corrected chi connectivity index (χ3v) is 1.68. The van der Waals surface area contributed by atoms with Crippen LogP contribution in [0.5, 0.6) is 0 Å². The van der Waals surface area contributed by atoms with E-state index in [1.807, 2.05) is 12.2 Å². The number of ether oxygens (including phenoxy) is 1. The number of allylic oxidation sites excluding steroid dienone is 2. The third-order valence-electron chi connectivity index (χ3n) is 1.55. The van der Waals surface area contributed by atoms with E-state index in [-0.39, 0.29) is 17.8 Å². The molecule has 3 heteroatoms. The van der Waals surface area contributed by atoms with Crippen molar-refractivity contribution in [2.75, 3.05) is 5.94 Å². The van der Waals surface area contributed by atoms with E-state index < -0.39 is 0 Å². The number of hydrogen-bond acceptors (Lipinski definition) is 3. The summed E-state index contributed by atoms with van der Waals surface area (Å²) in [5, 5.41) is 0. The average Bonchev–Trinajstić information content (AvgIpc) is 2.38. The molecule has 0 amide bonds. The van der Waals surface area contributed by atoms with E-state index in [2.05, 4.69) is 12.6 Å². The molecule has 1 aliphatic rings. The summed E-state index contributed by atoms with van der Waals surface area (Å²) in [6, 6.07) is 0. The molecular formula is C7H10O2S. The summed E-state index contributed by atoms with van der Waals surface area (Å²) in [4.78, 5) is 10.9. The number of hydrogen-bond donors (Lipinski definition) is 1. The molecule has 0 bridgehead atoms. The Morgan fingerprint density at radius 1 is 1.60 bits per heavy atom. The Kier molecular flexibility index (Phi) is 2.81. The molecular weight excluding hydrogens is 148 g/mol. The van der Waals surface area contributed by atoms with Crippen molar-refractivity contribution in [1.29, 1.82) is 0 Å². The monoisotopic (exact) mass is 158 g/mol. The fourth-order valence-corrected chi connectivity index (χ4v) is 1.12. The molecule has 10 heavy (non-hydrogen) atoms. The molecule has 0 saturated heterocycles. The van der Waals surface area contributed by atoms with E-state index in [0.717, 1.165) is 12.8 Å². The van der Waals surface area contributed by atoms with Crippen LogP contribution in [-0.4, -0.2) is 11.9 Å². The normalized spacial score (nSPS) is 17.7. The topological polar surface area (TPSA) is 26.3 Å². The van der Waals surface area contributed by atoms with Gasteiger partial charge in [-0.05, 0) is 12.8 Å². The van der Waals surface area contributed by atoms with Crippen molar-refractivity contribution in [3.05, 3.63) is 12.2 Å². The maximum Gasteiger partial charge on any atom is 0.310 e. The first-order chi connectivity index (χ1) is 4.84. The van der Waals surface area contributed by atoms with Gasteiger partial charge in [0.15, 0.2) is 0 Å². The lowest BCUT2D eigenvalue weighted by Gasteiger charge is -2.06. The largest absolute Gasteiger partial charge is 0.455 e. The smallest absolute Gasteiger partial charge is 0.310 e. The minimum Gasteiger partial charge on any atom is -0.455 e. The van der Waals surface area contributed by atoms with Gasteiger partial charge in [0.2, 0.25) is 0 Å². The molecule has 0 N–H and O–H groups in total. The van der Waals surface area contributed by atoms with Gasteiger partial charge < -0.3 is 4.74 Å². The van der Waals surface area contributed by atoms with Crippen LogP contribution in [-0.2, 0) is 9.53 Å². The van der Waals surface area contributed by atoms with Crippen molar-refractivity contribution in [2.24, 2.45) is 5.92 Å². The first kappa shape index (κ1) is 7.66. The molecule has 2 nitrogen and oxygen atoms in total. The predicted molar refractivity (Wildman–Crippen MR) is 41.8 cm³/mol. The van der Waals surface area contributed by atoms with Crippen LogP contribution in [0.25, 0.3) is 0 Å². The number of thiol groups is 1. The van der Waals surface area contributed by atoms with Crippen LogP contribution in [0.15, 0.2) is 12.2 Å². The van der Waals surface area contributed by atoms with Gasteiger partial charge in [-0.2, -0.15) is 0 Å². The lowest BCUT2D eigenvalue weighted by atomic mass is 10.1. The van der Waals surface area contributed by atoms with Crippen molar-refractivity contribution in [1.82, 2.24) is 0 Å². The second kappa shape index (κ2) is 3.66. The van der Waals surface area contributed by atoms with E-state index in [1.165, 1.54) is 0 Å². The summed E-state index contributed by atoms with van der Waals surface area (Å²) in [5.74, 6) is 0.127. The minimum absolute atomic E-state index is 0.0622. The Morgan fingerprint density at radius 2 is 2.20 bits per heavy atom. The van der Waals surface area contributed by atoms with Crippen LogP contribution in [0.1, 0.15) is 12.8 Å². The predicted octanol–water partition coefficient (Wildman–Crippen LogP) is 1.38. The summed E-state index contributed by atoms with van der Waals surface area (Å²) < 4.78 is 4.71. The van der Waals surface area contributed by atoms with Gasteiger partial charge in [-0.1, -0.05) is 12.2 Å². The highest BCUT2D eigenvalue weighted by molar-refractivity contribution is 7.80. The quantitative estimate of drug-likeness (QED) is 0.284. The first-order valence-electron chi connectivity index (χ1n) is 3.27. The lowest BCUT2D eigenvalue weighted by molar-refractivity contribution is -0.145. The zero-order chi connectivity index (χ0) is 7.40. The van der Waals surface area contributed by atoms with Crippen molar-refractivity contribution < 1.29 is 9.53 Å². The van der Waals surface area contributed by atoms with Crippen LogP contribution in [0.4, 0.5) is 0 Å². The van der Waals surface area contributed by atoms with Crippen molar-refractivity contribution in [2.45, 2.75) is 12.8 Å². The maximum atomic E-state index is 10.9. The van der Waals surface area contributed by atoms with Gasteiger partial charge >= 0.3 is 5.97 Å². The molecule has 0 atom stereocenters. The Hall–Kier alpha value is -0.440. The Balaban J connectivity index is 2.28. The standard InChI is InChI=1S/C7H10O2S/c8-7(9-5-10)6-3-1-2-4-6/h1-2,6,10H,3-5H2. The second-order valence-electron chi connectivity index (χ2n) is 2.23. The van der Waals surface area contributed by atoms with E-state index in [9.17, 15) is 4.79 Å². The molecule has 0 radical (unpaired) electrons. The zero-order valence-electron chi connectivity index (χ0n) is 5.62. The summed E-state index contributed by atoms with van der Waals surface area (Å²) >= 11 is 3.79. The molecule has 0 spiro atoms. The van der Waals surface area contributed by atoms with Gasteiger partial charge in [-0.25, -0.2) is 0 Å². The average molecular weight is 158 g/mol. The molecule has 0 aromatic rings. The Bertz CT molecular complexity index is 146. The zero-order valence-corrected chi connectivity index (χ0v) is 6.51. The van der Waals surface area contributed by atoms with Crippen LogP contribution in [0.3, 0.4) is 0 Å². The van der Waals surface area contributed by atoms with Gasteiger partial charge in [0, 0.05) is 0 Å². The van der Waals surface area contributed by atoms with Crippen LogP contribution in [0.2, 0.25) is 0 Å². The lowest BCUT2D eigenvalue weighted by Crippen LogP contribution is -2.13. The molecule has 0 aromatic carbocycles. The van der Waals surface area contributed by atoms with E-state index in [4.69, 9.17) is 4.74 Å². The number of carbonyl (C=O) groups excluding carboxylic acids is 1. The minimum atomic E-state index is -0.125. The summed E-state index contributed by atoms with van der Waals surface area (Å²) in [6.07, 6.45) is 5.66. The van der Waals surface area contributed by atoms with Crippen LogP contribution < -0.4 is 0 Å². The molecule has 0 aromatic heterocycles. The highest BCUT2D eigenvalue weighted by Crippen LogP contribution is 2.18. The van der Waals surface area contributed by atoms with E-state index in [0.29, 0.717) is 0 Å². The molecule has 1 aliphatic carbocycles. The molecule has 56 valence electrons. The van der Waals surface area contributed by atoms with E-state index in [1.54, 1.807) is 0 Å². The first-order valence-corrected chi connectivity index (χ1v) is 3.90. The van der Waals surface area contributed by atoms with Crippen molar-refractivity contribution in [3.8, 4) is 0 Å². The van der Waals surface area contributed by atoms with Gasteiger partial charge in [-0.3, -0.25) is 4.79 Å². The van der Waals surface area contributed by atoms with Gasteiger partial charge in [0.1, 0.15) is 5.94 Å². The van der Waals surface area contributed by atoms with Gasteiger partial charge in [0.05, 0.1) is 5.92 Å². The summed E-state index contributed by atoms with van der Waals surface area (Å²) in [7, 11) is 0. The molecule has 1 rings (SSSR count). The number of rotatable bonds is 2. The number of esters is 1. The van der Waals surface area contributed by atoms with E-state index >= 15 is 0 Å². The summed E-state index contributed by atoms with van der Waals surface area (Å²) in [6.45, 7) is 0. The van der Waals surface area contributed by atoms with Crippen LogP contribution >= 0.6 is 12.6 Å². The summed E-state index contributed by atoms with van der Waals surface area (Å²) in [5.41, 5.74) is 0. The molecule has 0 heterocycles.